The maximum atomic E-state index is 12.1. The van der Waals surface area contributed by atoms with Crippen LogP contribution in [0.4, 0.5) is 0 Å². The Bertz CT molecular complexity index is 480. The molecule has 1 fully saturated rings. The fourth-order valence-electron chi connectivity index (χ4n) is 2.56. The summed E-state index contributed by atoms with van der Waals surface area (Å²) in [6.07, 6.45) is 2.42. The van der Waals surface area contributed by atoms with E-state index in [-0.39, 0.29) is 29.7 Å². The molecular weight excluding hydrogens is 427 g/mol. The number of rotatable bonds is 6. The minimum atomic E-state index is -3.01. The van der Waals surface area contributed by atoms with Gasteiger partial charge in [-0.3, -0.25) is 4.99 Å². The topological polar surface area (TPSA) is 65.0 Å². The molecule has 1 heterocycles. The Balaban J connectivity index is 0.00000484. The molecule has 0 aromatic rings. The number of aliphatic imine (C=N–C) groups is 1. The molecule has 23 heavy (non-hydrogen) atoms. The van der Waals surface area contributed by atoms with E-state index in [1.807, 2.05) is 4.90 Å². The van der Waals surface area contributed by atoms with Crippen molar-refractivity contribution in [3.05, 3.63) is 0 Å². The lowest BCUT2D eigenvalue weighted by Gasteiger charge is -2.39. The molecule has 0 atom stereocenters. The standard InChI is InChI=1S/C15H32N4O2S.HI/c1-6-7-9-18(5)10-8-17-14(16-4)19-11-12-22(20,21)15(2,3)13-19;/h6-13H2,1-5H3,(H,16,17);1H. The highest BCUT2D eigenvalue weighted by Crippen LogP contribution is 2.23. The van der Waals surface area contributed by atoms with Crippen LogP contribution in [0.3, 0.4) is 0 Å². The number of nitrogens with one attached hydrogen (secondary N) is 1. The average Bonchev–Trinajstić information content (AvgIpc) is 2.44. The van der Waals surface area contributed by atoms with Gasteiger partial charge >= 0.3 is 0 Å². The zero-order chi connectivity index (χ0) is 16.8. The SMILES string of the molecule is CCCCN(C)CCNC(=NC)N1CCS(=O)(=O)C(C)(C)C1.I. The fraction of sp³-hybridized carbons (Fsp3) is 0.933. The van der Waals surface area contributed by atoms with Crippen molar-refractivity contribution >= 4 is 39.8 Å². The number of halogens is 1. The van der Waals surface area contributed by atoms with E-state index < -0.39 is 14.6 Å². The molecule has 1 aliphatic heterocycles. The molecule has 1 saturated heterocycles. The molecule has 0 bridgehead atoms. The summed E-state index contributed by atoms with van der Waals surface area (Å²) < 4.78 is 23.4. The first-order valence-corrected chi connectivity index (χ1v) is 9.75. The molecule has 0 unspecified atom stereocenters. The Morgan fingerprint density at radius 2 is 2.00 bits per heavy atom. The summed E-state index contributed by atoms with van der Waals surface area (Å²) in [4.78, 5) is 8.65. The van der Waals surface area contributed by atoms with Gasteiger partial charge in [0, 0.05) is 33.2 Å². The molecule has 0 aromatic heterocycles. The molecule has 138 valence electrons. The normalized spacial score (nSPS) is 20.3. The van der Waals surface area contributed by atoms with Crippen molar-refractivity contribution in [3.63, 3.8) is 0 Å². The number of sulfone groups is 1. The molecule has 8 heteroatoms. The van der Waals surface area contributed by atoms with Crippen LogP contribution in [0, 0.1) is 0 Å². The minimum Gasteiger partial charge on any atom is -0.355 e. The maximum absolute atomic E-state index is 12.1. The highest BCUT2D eigenvalue weighted by molar-refractivity contribution is 14.0. The predicted octanol–water partition coefficient (Wildman–Crippen LogP) is 1.42. The fourth-order valence-corrected chi connectivity index (χ4v) is 3.92. The molecular formula is C15H33IN4O2S. The van der Waals surface area contributed by atoms with Crippen LogP contribution in [-0.2, 0) is 9.84 Å². The monoisotopic (exact) mass is 460 g/mol. The molecule has 0 radical (unpaired) electrons. The van der Waals surface area contributed by atoms with E-state index in [1.54, 1.807) is 20.9 Å². The van der Waals surface area contributed by atoms with Crippen molar-refractivity contribution in [1.82, 2.24) is 15.1 Å². The van der Waals surface area contributed by atoms with Crippen LogP contribution in [0.5, 0.6) is 0 Å². The van der Waals surface area contributed by atoms with Gasteiger partial charge < -0.3 is 15.1 Å². The molecule has 0 saturated carbocycles. The van der Waals surface area contributed by atoms with Gasteiger partial charge in [-0.25, -0.2) is 8.42 Å². The molecule has 1 aliphatic rings. The predicted molar refractivity (Wildman–Crippen MR) is 109 cm³/mol. The van der Waals surface area contributed by atoms with Gasteiger partial charge in [0.1, 0.15) is 0 Å². The Morgan fingerprint density at radius 1 is 1.35 bits per heavy atom. The quantitative estimate of drug-likeness (QED) is 0.369. The smallest absolute Gasteiger partial charge is 0.193 e. The van der Waals surface area contributed by atoms with E-state index >= 15 is 0 Å². The summed E-state index contributed by atoms with van der Waals surface area (Å²) in [7, 11) is 0.858. The Labute approximate surface area is 159 Å². The van der Waals surface area contributed by atoms with E-state index in [9.17, 15) is 8.42 Å². The molecule has 1 N–H and O–H groups in total. The van der Waals surface area contributed by atoms with Gasteiger partial charge in [0.25, 0.3) is 0 Å². The number of unbranched alkanes of at least 4 members (excludes halogenated alkanes) is 1. The van der Waals surface area contributed by atoms with Gasteiger partial charge in [-0.2, -0.15) is 0 Å². The van der Waals surface area contributed by atoms with Crippen molar-refractivity contribution in [1.29, 1.82) is 0 Å². The third-order valence-corrected chi connectivity index (χ3v) is 6.76. The average molecular weight is 460 g/mol. The zero-order valence-corrected chi connectivity index (χ0v) is 18.3. The van der Waals surface area contributed by atoms with Crippen molar-refractivity contribution < 1.29 is 8.42 Å². The first-order valence-electron chi connectivity index (χ1n) is 8.10. The van der Waals surface area contributed by atoms with Gasteiger partial charge in [0.05, 0.1) is 10.5 Å². The maximum Gasteiger partial charge on any atom is 0.193 e. The number of likely N-dealkylation sites (N-methyl/N-ethyl adjacent to an activating group) is 1. The largest absolute Gasteiger partial charge is 0.355 e. The Kier molecular flexibility index (Phi) is 9.99. The van der Waals surface area contributed by atoms with Crippen LogP contribution < -0.4 is 5.32 Å². The molecule has 0 aliphatic carbocycles. The lowest BCUT2D eigenvalue weighted by molar-refractivity contribution is 0.323. The Morgan fingerprint density at radius 3 is 2.52 bits per heavy atom. The van der Waals surface area contributed by atoms with Crippen LogP contribution in [0.15, 0.2) is 4.99 Å². The summed E-state index contributed by atoms with van der Waals surface area (Å²) in [5, 5.41) is 3.35. The van der Waals surface area contributed by atoms with Gasteiger partial charge in [0.15, 0.2) is 15.8 Å². The second kappa shape index (κ2) is 10.0. The van der Waals surface area contributed by atoms with Crippen LogP contribution in [0.2, 0.25) is 0 Å². The van der Waals surface area contributed by atoms with Crippen molar-refractivity contribution in [3.8, 4) is 0 Å². The van der Waals surface area contributed by atoms with Crippen molar-refractivity contribution in [2.24, 2.45) is 4.99 Å². The zero-order valence-electron chi connectivity index (χ0n) is 15.1. The van der Waals surface area contributed by atoms with Crippen LogP contribution in [0.25, 0.3) is 0 Å². The number of hydrogen-bond acceptors (Lipinski definition) is 4. The van der Waals surface area contributed by atoms with Crippen LogP contribution in [0.1, 0.15) is 33.6 Å². The molecule has 1 rings (SSSR count). The van der Waals surface area contributed by atoms with E-state index in [4.69, 9.17) is 0 Å². The molecule has 0 aromatic carbocycles. The molecule has 6 nitrogen and oxygen atoms in total. The van der Waals surface area contributed by atoms with Gasteiger partial charge in [-0.05, 0) is 33.9 Å². The summed E-state index contributed by atoms with van der Waals surface area (Å²) in [6.45, 7) is 9.65. The summed E-state index contributed by atoms with van der Waals surface area (Å²) >= 11 is 0. The number of nitrogens with zero attached hydrogens (tertiary/aromatic N) is 3. The lowest BCUT2D eigenvalue weighted by atomic mass is 10.2. The second-order valence-corrected chi connectivity index (χ2v) is 9.37. The van der Waals surface area contributed by atoms with Gasteiger partial charge in [-0.15, -0.1) is 24.0 Å². The lowest BCUT2D eigenvalue weighted by Crippen LogP contribution is -2.57. The van der Waals surface area contributed by atoms with E-state index in [1.165, 1.54) is 12.8 Å². The molecule has 0 spiro atoms. The third kappa shape index (κ3) is 6.74. The minimum absolute atomic E-state index is 0. The number of guanidine groups is 1. The van der Waals surface area contributed by atoms with E-state index in [2.05, 4.69) is 29.2 Å². The van der Waals surface area contributed by atoms with Crippen molar-refractivity contribution in [2.45, 2.75) is 38.4 Å². The van der Waals surface area contributed by atoms with Crippen molar-refractivity contribution in [2.75, 3.05) is 52.6 Å². The first kappa shape index (κ1) is 22.9. The highest BCUT2D eigenvalue weighted by atomic mass is 127. The van der Waals surface area contributed by atoms with Gasteiger partial charge in [-0.1, -0.05) is 13.3 Å². The number of hydrogen-bond donors (Lipinski definition) is 1. The highest BCUT2D eigenvalue weighted by Gasteiger charge is 2.40. The summed E-state index contributed by atoms with van der Waals surface area (Å²) in [6, 6.07) is 0. The first-order chi connectivity index (χ1) is 10.2. The van der Waals surface area contributed by atoms with Gasteiger partial charge in [0.2, 0.25) is 0 Å². The second-order valence-electron chi connectivity index (χ2n) is 6.63. The third-order valence-electron chi connectivity index (χ3n) is 4.22. The summed E-state index contributed by atoms with van der Waals surface area (Å²) in [5.74, 6) is 0.990. The van der Waals surface area contributed by atoms with Crippen LogP contribution in [-0.4, -0.2) is 81.5 Å². The summed E-state index contributed by atoms with van der Waals surface area (Å²) in [5.41, 5.74) is 0. The molecule has 0 amide bonds. The van der Waals surface area contributed by atoms with E-state index in [0.29, 0.717) is 13.1 Å². The van der Waals surface area contributed by atoms with E-state index in [0.717, 1.165) is 25.6 Å². The van der Waals surface area contributed by atoms with Crippen LogP contribution >= 0.6 is 24.0 Å². The Hall–Kier alpha value is -0.0900.